The number of carboxylic acids is 4. The molecular formula is C76H105N17O26. The first kappa shape index (κ1) is 95.1. The molecule has 3 aromatic rings. The standard InChI is InChI=1S/C76H105N17O26/c1-5-6-11-18-75-19-22-76(23-20-75,24-21-75)74(118)91-46(27-40-33-80-44-16-10-8-13-41(40)44)67(111)87-47(29-54(79)96)68(112)89-50(32-60(105)106)69(113)93-62-39(4)119-73(117)51(28-53(95)42-14-7-9-15-43(42)78)90-72(116)61(37(2)26-57(99)100)92-70(114)52(36-94)85-56(98)34-81-64(108)48(30-58(101)102)86-63(107)38(3)83-66(110)49(31-59(103)104)88-65(109)45(17-12-25-77)84-55(97)35-82-71(62)115/h7-10,13-16,33,37-39,45-52,61-62,80,94H,5-6,11-12,17-32,34-36,77-78H2,1-4H3,(H2,79,96)(H,81,108)(H,82,115)(H,83,110)(H,84,97)(H,85,98)(H,86,107)(H,87,111)(H,88,109)(H,89,112)(H,90,116)(H,91,118)(H,92,114)(H,93,113)(H,99,100)(H,101,102)(H,103,104)(H,105,106)/t37-,38+,39+,45-,46-,47-,48-,49+,50-,51-,52+,61-,62-,75?,76?/m0/s1. The molecular weight excluding hydrogens is 1570 g/mol. The Morgan fingerprint density at radius 2 is 1.11 bits per heavy atom. The molecule has 25 N–H and O–H groups in total. The van der Waals surface area contributed by atoms with Crippen molar-refractivity contribution in [2.75, 3.05) is 32.0 Å². The average molecular weight is 1670 g/mol. The molecule has 43 nitrogen and oxygen atoms in total. The van der Waals surface area contributed by atoms with Gasteiger partial charge in [0, 0.05) is 46.6 Å². The summed E-state index contributed by atoms with van der Waals surface area (Å²) in [5.74, 6) is -29.5. The number of esters is 1. The fourth-order valence-corrected chi connectivity index (χ4v) is 14.3. The third-order valence-electron chi connectivity index (χ3n) is 21.0. The average Bonchev–Trinajstić information content (AvgIpc) is 1.33. The quantitative estimate of drug-likeness (QED) is 0.0121. The van der Waals surface area contributed by atoms with Gasteiger partial charge in [0.15, 0.2) is 5.78 Å². The van der Waals surface area contributed by atoms with Gasteiger partial charge < -0.3 is 122 Å². The molecule has 3 aliphatic carbocycles. The van der Waals surface area contributed by atoms with Crippen LogP contribution in [0.3, 0.4) is 0 Å². The summed E-state index contributed by atoms with van der Waals surface area (Å²) < 4.78 is 5.71. The maximum Gasteiger partial charge on any atom is 0.329 e. The number of ketones is 1. The maximum atomic E-state index is 14.9. The zero-order chi connectivity index (χ0) is 88.2. The number of nitrogens with one attached hydrogen (secondary N) is 14. The van der Waals surface area contributed by atoms with Crippen molar-refractivity contribution in [2.24, 2.45) is 28.2 Å². The van der Waals surface area contributed by atoms with Crippen LogP contribution in [-0.4, -0.2) is 248 Å². The number of nitrogens with two attached hydrogens (primary N) is 3. The summed E-state index contributed by atoms with van der Waals surface area (Å²) >= 11 is 0. The van der Waals surface area contributed by atoms with Crippen LogP contribution in [0.25, 0.3) is 10.9 Å². The lowest BCUT2D eigenvalue weighted by molar-refractivity contribution is -0.156. The number of unbranched alkanes of at least 4 members (excludes halogenated alkanes) is 2. The molecule has 1 saturated heterocycles. The highest BCUT2D eigenvalue weighted by Crippen LogP contribution is 2.59. The van der Waals surface area contributed by atoms with Crippen LogP contribution in [0.15, 0.2) is 54.7 Å². The van der Waals surface area contributed by atoms with Crippen LogP contribution in [-0.2, 0) is 102 Å². The van der Waals surface area contributed by atoms with Crippen molar-refractivity contribution in [3.8, 4) is 0 Å². The van der Waals surface area contributed by atoms with Crippen LogP contribution in [0.2, 0.25) is 0 Å². The van der Waals surface area contributed by atoms with Crippen LogP contribution in [0, 0.1) is 16.7 Å². The van der Waals surface area contributed by atoms with E-state index in [0.29, 0.717) is 35.7 Å². The monoisotopic (exact) mass is 1670 g/mol. The van der Waals surface area contributed by atoms with Crippen LogP contribution < -0.4 is 86.3 Å². The number of cyclic esters (lactones) is 1. The number of hydrogen-bond donors (Lipinski definition) is 22. The molecule has 43 heteroatoms. The smallest absolute Gasteiger partial charge is 0.329 e. The Morgan fingerprint density at radius 1 is 0.563 bits per heavy atom. The van der Waals surface area contributed by atoms with Crippen LogP contribution >= 0.6 is 0 Å². The molecule has 4 aliphatic rings. The molecule has 14 amide bonds. The zero-order valence-corrected chi connectivity index (χ0v) is 66.0. The number of para-hydroxylation sites is 2. The van der Waals surface area contributed by atoms with E-state index in [4.69, 9.17) is 21.9 Å². The van der Waals surface area contributed by atoms with Gasteiger partial charge in [0.1, 0.15) is 72.6 Å². The van der Waals surface area contributed by atoms with E-state index >= 15 is 0 Å². The fraction of sp³-hybridized carbons (Fsp3) is 0.553. The summed E-state index contributed by atoms with van der Waals surface area (Å²) in [6, 6.07) is -10.4. The summed E-state index contributed by atoms with van der Waals surface area (Å²) in [6.45, 7) is 1.18. The minimum atomic E-state index is -2.45. The highest BCUT2D eigenvalue weighted by atomic mass is 16.5. The number of carboxylic acid groups (broad SMARTS) is 4. The Hall–Kier alpha value is -12.7. The number of aliphatic hydroxyl groups excluding tert-OH is 1. The molecule has 7 rings (SSSR count). The number of anilines is 1. The molecule has 2 aromatic carbocycles. The summed E-state index contributed by atoms with van der Waals surface area (Å²) in [5.41, 5.74) is 17.5. The minimum absolute atomic E-state index is 0.0774. The number of ether oxygens (including phenoxy) is 1. The molecule has 1 aliphatic heterocycles. The number of benzene rings is 2. The number of fused-ring (bicyclic) bond motifs is 4. The molecule has 0 unspecified atom stereocenters. The molecule has 3 saturated carbocycles. The van der Waals surface area contributed by atoms with Gasteiger partial charge in [-0.15, -0.1) is 0 Å². The second-order valence-electron chi connectivity index (χ2n) is 30.0. The van der Waals surface area contributed by atoms with Gasteiger partial charge in [-0.3, -0.25) is 91.1 Å². The summed E-state index contributed by atoms with van der Waals surface area (Å²) in [6.07, 6.45) is -0.139. The number of nitrogen functional groups attached to an aromatic ring is 1. The van der Waals surface area contributed by atoms with E-state index in [0.717, 1.165) is 65.7 Å². The molecule has 13 atom stereocenters. The predicted octanol–water partition coefficient (Wildman–Crippen LogP) is -4.84. The Kier molecular flexibility index (Phi) is 35.6. The number of H-pyrrole nitrogens is 1. The molecule has 1 aromatic heterocycles. The van der Waals surface area contributed by atoms with Crippen molar-refractivity contribution in [1.29, 1.82) is 0 Å². The van der Waals surface area contributed by atoms with E-state index in [1.165, 1.54) is 24.3 Å². The first-order valence-corrected chi connectivity index (χ1v) is 38.7. The van der Waals surface area contributed by atoms with Gasteiger partial charge >= 0.3 is 29.8 Å². The van der Waals surface area contributed by atoms with Gasteiger partial charge in [-0.1, -0.05) is 63.4 Å². The number of hydrogen-bond acceptors (Lipinski definition) is 24. The number of primary amides is 1. The second kappa shape index (κ2) is 44.6. The van der Waals surface area contributed by atoms with E-state index in [1.807, 2.05) is 16.0 Å². The van der Waals surface area contributed by atoms with E-state index in [9.17, 15) is 121 Å². The normalized spacial score (nSPS) is 24.5. The Balaban J connectivity index is 1.40. The van der Waals surface area contributed by atoms with E-state index in [1.54, 1.807) is 30.5 Å². The van der Waals surface area contributed by atoms with Crippen LogP contribution in [0.5, 0.6) is 0 Å². The van der Waals surface area contributed by atoms with Crippen LogP contribution in [0.1, 0.15) is 159 Å². The maximum absolute atomic E-state index is 14.9. The molecule has 0 spiro atoms. The Labute approximate surface area is 680 Å². The third kappa shape index (κ3) is 28.3. The SMILES string of the molecule is CCCCCC12CCC(C(=O)N[C@@H](Cc3c[nH]c4ccccc34)C(=O)N[C@@H](CC(N)=O)C(=O)N[C@@H](CC(=O)O)C(=O)N[C@@H]3C(=O)NCC(=O)N[C@@H](CCCN)C(=O)N[C@H](CC(=O)O)C(=O)N[C@H](C)C(=O)N[C@@H](CC(=O)O)C(=O)NCC(=O)N[C@H](CO)C(=O)N[C@@H]([C@@H](C)CC(=O)O)C(=O)N[C@@H](CC(=O)c4ccccc4N)C(=O)O[C@@H]3C)(CC1)CC2. The highest BCUT2D eigenvalue weighted by Gasteiger charge is 2.53. The van der Waals surface area contributed by atoms with Gasteiger partial charge in [-0.05, 0) is 113 Å². The minimum Gasteiger partial charge on any atom is -0.481 e. The molecule has 2 heterocycles. The fourth-order valence-electron chi connectivity index (χ4n) is 14.3. The summed E-state index contributed by atoms with van der Waals surface area (Å²) in [4.78, 5) is 279. The van der Waals surface area contributed by atoms with Crippen molar-refractivity contribution in [3.63, 3.8) is 0 Å². The topological polar surface area (TPSA) is 702 Å². The first-order valence-electron chi connectivity index (χ1n) is 38.7. The molecule has 2 bridgehead atoms. The number of Topliss-reactive ketones (excluding diaryl/α,β-unsaturated/α-hetero) is 1. The van der Waals surface area contributed by atoms with Crippen LogP contribution in [0.4, 0.5) is 5.69 Å². The predicted molar refractivity (Wildman–Crippen MR) is 414 cm³/mol. The third-order valence-corrected chi connectivity index (χ3v) is 21.0. The first-order chi connectivity index (χ1) is 56.2. The molecule has 4 fully saturated rings. The van der Waals surface area contributed by atoms with E-state index in [2.05, 4.69) is 65.1 Å². The molecule has 650 valence electrons. The number of amides is 14. The lowest BCUT2D eigenvalue weighted by Crippen LogP contribution is -2.62. The number of rotatable bonds is 32. The molecule has 0 radical (unpaired) electrons. The lowest BCUT2D eigenvalue weighted by atomic mass is 9.52. The highest BCUT2D eigenvalue weighted by molar-refractivity contribution is 6.05. The van der Waals surface area contributed by atoms with Crippen molar-refractivity contribution >= 4 is 135 Å². The Bertz CT molecular complexity index is 4280. The van der Waals surface area contributed by atoms with Gasteiger partial charge in [-0.2, -0.15) is 0 Å². The van der Waals surface area contributed by atoms with Crippen molar-refractivity contribution in [2.45, 2.75) is 222 Å². The molecule has 119 heavy (non-hydrogen) atoms. The van der Waals surface area contributed by atoms with E-state index in [-0.39, 0.29) is 36.1 Å². The number of aromatic amines is 1. The van der Waals surface area contributed by atoms with Gasteiger partial charge in [0.05, 0.1) is 51.8 Å². The van der Waals surface area contributed by atoms with Gasteiger partial charge in [0.2, 0.25) is 82.7 Å². The second-order valence-corrected chi connectivity index (χ2v) is 30.0. The van der Waals surface area contributed by atoms with Gasteiger partial charge in [-0.25, -0.2) is 4.79 Å². The number of aromatic nitrogens is 1. The number of aliphatic carboxylic acids is 4. The van der Waals surface area contributed by atoms with Crippen molar-refractivity contribution < 1.29 is 126 Å². The summed E-state index contributed by atoms with van der Waals surface area (Å²) in [5, 5.41) is 79.3. The lowest BCUT2D eigenvalue weighted by Gasteiger charge is -2.53. The number of carbonyl (C=O) groups excluding carboxylic acids is 16. The van der Waals surface area contributed by atoms with Gasteiger partial charge in [0.25, 0.3) is 0 Å². The van der Waals surface area contributed by atoms with E-state index < -0.39 is 267 Å². The zero-order valence-electron chi connectivity index (χ0n) is 66.0. The summed E-state index contributed by atoms with van der Waals surface area (Å²) in [7, 11) is 0. The largest absolute Gasteiger partial charge is 0.481 e. The van der Waals surface area contributed by atoms with Crippen molar-refractivity contribution in [3.05, 3.63) is 65.9 Å². The number of aliphatic hydroxyl groups is 1. The van der Waals surface area contributed by atoms with Crippen molar-refractivity contribution in [1.82, 2.24) is 74.1 Å². The Morgan fingerprint density at radius 3 is 1.70 bits per heavy atom. The number of carbonyl (C=O) groups is 20.